The van der Waals surface area contributed by atoms with E-state index >= 15 is 0 Å². The number of carbonyl (C=O) groups is 1. The van der Waals surface area contributed by atoms with E-state index in [1.165, 1.54) is 24.5 Å². The van der Waals surface area contributed by atoms with Gasteiger partial charge in [-0.1, -0.05) is 0 Å². The highest BCUT2D eigenvalue weighted by atomic mass is 19.3. The topological polar surface area (TPSA) is 108 Å². The minimum atomic E-state index is -2.82. The summed E-state index contributed by atoms with van der Waals surface area (Å²) >= 11 is 0. The van der Waals surface area contributed by atoms with Crippen molar-refractivity contribution in [2.45, 2.75) is 6.43 Å². The molecule has 0 radical (unpaired) electrons. The number of hydrogen-bond acceptors (Lipinski definition) is 6. The van der Waals surface area contributed by atoms with Crippen molar-refractivity contribution in [2.75, 3.05) is 11.9 Å². The lowest BCUT2D eigenvalue weighted by Gasteiger charge is -2.13. The number of halogens is 4. The molecular weight excluding hydrogens is 434 g/mol. The van der Waals surface area contributed by atoms with Crippen LogP contribution in [-0.2, 0) is 4.74 Å². The van der Waals surface area contributed by atoms with Crippen molar-refractivity contribution in [3.05, 3.63) is 83.3 Å². The molecule has 0 saturated carbocycles. The Hall–Kier alpha value is -4.15. The van der Waals surface area contributed by atoms with Gasteiger partial charge >= 0.3 is 0 Å². The third kappa shape index (κ3) is 5.50. The summed E-state index contributed by atoms with van der Waals surface area (Å²) in [5.41, 5.74) is -0.817. The van der Waals surface area contributed by atoms with Gasteiger partial charge in [-0.25, -0.2) is 17.6 Å². The van der Waals surface area contributed by atoms with Crippen molar-refractivity contribution >= 4 is 23.4 Å². The molecule has 0 aliphatic carbocycles. The second-order valence-electron chi connectivity index (χ2n) is 6.23. The molecule has 0 atom stereocenters. The molecule has 0 aliphatic heterocycles. The second kappa shape index (κ2) is 9.77. The number of alkyl halides is 2. The Balaban J connectivity index is 1.79. The Kier molecular flexibility index (Phi) is 6.88. The molecule has 1 heterocycles. The Morgan fingerprint density at radius 1 is 1.06 bits per heavy atom. The summed E-state index contributed by atoms with van der Waals surface area (Å²) < 4.78 is 67.6. The molecule has 166 valence electrons. The van der Waals surface area contributed by atoms with Crippen molar-refractivity contribution in [1.29, 1.82) is 10.8 Å². The molecule has 0 fully saturated rings. The predicted octanol–water partition coefficient (Wildman–Crippen LogP) is 4.82. The zero-order valence-electron chi connectivity index (χ0n) is 16.1. The van der Waals surface area contributed by atoms with Gasteiger partial charge in [0.05, 0.1) is 17.5 Å². The van der Waals surface area contributed by atoms with E-state index in [-0.39, 0.29) is 17.1 Å². The minimum Gasteiger partial charge on any atom is -0.487 e. The van der Waals surface area contributed by atoms with Crippen molar-refractivity contribution in [3.8, 4) is 5.75 Å². The van der Waals surface area contributed by atoms with Gasteiger partial charge in [-0.15, -0.1) is 0 Å². The van der Waals surface area contributed by atoms with E-state index in [2.05, 4.69) is 5.32 Å². The molecule has 1 aromatic heterocycles. The molecule has 3 aromatic rings. The van der Waals surface area contributed by atoms with Gasteiger partial charge in [0.25, 0.3) is 18.2 Å². The van der Waals surface area contributed by atoms with Crippen LogP contribution in [0.3, 0.4) is 0 Å². The Bertz CT molecular complexity index is 1150. The van der Waals surface area contributed by atoms with Gasteiger partial charge < -0.3 is 19.2 Å². The van der Waals surface area contributed by atoms with Gasteiger partial charge in [0.2, 0.25) is 5.90 Å². The standard InChI is InChI=1S/C21H15F4N3O4/c22-12-4-6-16(31-10-18(24)25)13(9-12)21(29)28-15-8-11(3-5-14(15)23)19(26)32-20(27)17-2-1-7-30-17/h1-9,18,26-27H,10H2,(H,28,29). The number of carbonyl (C=O) groups excluding carboxylic acids is 1. The van der Waals surface area contributed by atoms with E-state index in [1.54, 1.807) is 0 Å². The maximum atomic E-state index is 14.2. The molecule has 0 saturated heterocycles. The molecule has 32 heavy (non-hydrogen) atoms. The van der Waals surface area contributed by atoms with E-state index < -0.39 is 53.6 Å². The Labute approximate surface area is 178 Å². The maximum Gasteiger partial charge on any atom is 0.272 e. The van der Waals surface area contributed by atoms with Crippen LogP contribution in [-0.4, -0.2) is 30.7 Å². The van der Waals surface area contributed by atoms with Crippen molar-refractivity contribution in [2.24, 2.45) is 0 Å². The first kappa shape index (κ1) is 22.5. The molecule has 0 aliphatic rings. The van der Waals surface area contributed by atoms with E-state index in [0.717, 1.165) is 30.3 Å². The summed E-state index contributed by atoms with van der Waals surface area (Å²) in [6.07, 6.45) is -1.51. The average molecular weight is 449 g/mol. The Morgan fingerprint density at radius 2 is 1.84 bits per heavy atom. The van der Waals surface area contributed by atoms with Crippen molar-refractivity contribution < 1.29 is 36.2 Å². The zero-order chi connectivity index (χ0) is 23.3. The van der Waals surface area contributed by atoms with Gasteiger partial charge in [0, 0.05) is 5.56 Å². The monoisotopic (exact) mass is 449 g/mol. The lowest BCUT2D eigenvalue weighted by molar-refractivity contribution is 0.0802. The van der Waals surface area contributed by atoms with Crippen LogP contribution < -0.4 is 10.1 Å². The van der Waals surface area contributed by atoms with Gasteiger partial charge in [-0.3, -0.25) is 15.6 Å². The van der Waals surface area contributed by atoms with Gasteiger partial charge in [0.15, 0.2) is 5.76 Å². The van der Waals surface area contributed by atoms with E-state index in [9.17, 15) is 22.4 Å². The smallest absolute Gasteiger partial charge is 0.272 e. The third-order valence-corrected chi connectivity index (χ3v) is 3.98. The van der Waals surface area contributed by atoms with Gasteiger partial charge in [-0.05, 0) is 48.5 Å². The van der Waals surface area contributed by atoms with E-state index in [4.69, 9.17) is 24.7 Å². The number of nitrogens with one attached hydrogen (secondary N) is 3. The van der Waals surface area contributed by atoms with Crippen molar-refractivity contribution in [1.82, 2.24) is 0 Å². The number of ether oxygens (including phenoxy) is 2. The van der Waals surface area contributed by atoms with E-state index in [0.29, 0.717) is 0 Å². The largest absolute Gasteiger partial charge is 0.487 e. The second-order valence-corrected chi connectivity index (χ2v) is 6.23. The number of benzene rings is 2. The molecule has 3 rings (SSSR count). The summed E-state index contributed by atoms with van der Waals surface area (Å²) in [6, 6.07) is 8.83. The first-order chi connectivity index (χ1) is 15.2. The highest BCUT2D eigenvalue weighted by Gasteiger charge is 2.19. The fraction of sp³-hybridized carbons (Fsp3) is 0.0952. The number of amides is 1. The number of rotatable bonds is 7. The predicted molar refractivity (Wildman–Crippen MR) is 106 cm³/mol. The zero-order valence-corrected chi connectivity index (χ0v) is 16.1. The van der Waals surface area contributed by atoms with Crippen LogP contribution >= 0.6 is 0 Å². The normalized spacial score (nSPS) is 10.7. The molecule has 0 bridgehead atoms. The lowest BCUT2D eigenvalue weighted by atomic mass is 10.1. The molecule has 1 amide bonds. The third-order valence-electron chi connectivity index (χ3n) is 3.98. The van der Waals surface area contributed by atoms with Crippen LogP contribution in [0.2, 0.25) is 0 Å². The number of hydrogen-bond donors (Lipinski definition) is 3. The summed E-state index contributed by atoms with van der Waals surface area (Å²) in [6.45, 7) is -1.02. The molecule has 0 unspecified atom stereocenters. The molecular formula is C21H15F4N3O4. The maximum absolute atomic E-state index is 14.2. The summed E-state index contributed by atoms with van der Waals surface area (Å²) in [5, 5.41) is 17.9. The van der Waals surface area contributed by atoms with Gasteiger partial charge in [0.1, 0.15) is 24.0 Å². The first-order valence-corrected chi connectivity index (χ1v) is 8.95. The van der Waals surface area contributed by atoms with Crippen LogP contribution in [0.5, 0.6) is 5.75 Å². The molecule has 11 heteroatoms. The Morgan fingerprint density at radius 3 is 2.53 bits per heavy atom. The van der Waals surface area contributed by atoms with Crippen LogP contribution in [0.1, 0.15) is 21.7 Å². The molecule has 7 nitrogen and oxygen atoms in total. The van der Waals surface area contributed by atoms with Crippen LogP contribution in [0.25, 0.3) is 0 Å². The number of anilines is 1. The van der Waals surface area contributed by atoms with Crippen LogP contribution in [0.15, 0.2) is 59.2 Å². The molecule has 2 aromatic carbocycles. The highest BCUT2D eigenvalue weighted by molar-refractivity contribution is 6.07. The summed E-state index contributed by atoms with van der Waals surface area (Å²) in [4.78, 5) is 12.6. The molecule has 0 spiro atoms. The average Bonchev–Trinajstić information content (AvgIpc) is 3.29. The SMILES string of the molecule is N=C(OC(=N)c1ccco1)c1ccc(F)c(NC(=O)c2cc(F)ccc2OCC(F)F)c1. The minimum absolute atomic E-state index is 0.00595. The van der Waals surface area contributed by atoms with Crippen molar-refractivity contribution in [3.63, 3.8) is 0 Å². The molecule has 3 N–H and O–H groups in total. The van der Waals surface area contributed by atoms with Crippen LogP contribution in [0.4, 0.5) is 23.2 Å². The van der Waals surface area contributed by atoms with E-state index in [1.807, 2.05) is 0 Å². The fourth-order valence-corrected chi connectivity index (χ4v) is 2.53. The lowest BCUT2D eigenvalue weighted by Crippen LogP contribution is -2.17. The summed E-state index contributed by atoms with van der Waals surface area (Å²) in [5.74, 6) is -4.00. The number of furan rings is 1. The van der Waals surface area contributed by atoms with Crippen LogP contribution in [0, 0.1) is 22.5 Å². The fourth-order valence-electron chi connectivity index (χ4n) is 2.53. The van der Waals surface area contributed by atoms with Gasteiger partial charge in [-0.2, -0.15) is 0 Å². The highest BCUT2D eigenvalue weighted by Crippen LogP contribution is 2.24. The first-order valence-electron chi connectivity index (χ1n) is 8.95. The summed E-state index contributed by atoms with van der Waals surface area (Å²) in [7, 11) is 0. The quantitative estimate of drug-likeness (QED) is 0.273.